The van der Waals surface area contributed by atoms with Gasteiger partial charge in [0.05, 0.1) is 12.1 Å². The van der Waals surface area contributed by atoms with Crippen molar-refractivity contribution in [2.45, 2.75) is 30.4 Å². The van der Waals surface area contributed by atoms with Gasteiger partial charge in [0.25, 0.3) is 5.91 Å². The fourth-order valence-corrected chi connectivity index (χ4v) is 4.28. The Labute approximate surface area is 141 Å². The number of hydrogen-bond donors (Lipinski definition) is 3. The summed E-state index contributed by atoms with van der Waals surface area (Å²) in [6.45, 7) is 1.79. The van der Waals surface area contributed by atoms with Crippen LogP contribution in [0.3, 0.4) is 0 Å². The monoisotopic (exact) mass is 322 g/mol. The first-order valence-corrected chi connectivity index (χ1v) is 8.56. The highest BCUT2D eigenvalue weighted by Gasteiger charge is 2.52. The predicted molar refractivity (Wildman–Crippen MR) is 92.9 cm³/mol. The van der Waals surface area contributed by atoms with E-state index in [2.05, 4.69) is 16.7 Å². The molecule has 4 heteroatoms. The van der Waals surface area contributed by atoms with E-state index < -0.39 is 6.10 Å². The quantitative estimate of drug-likeness (QED) is 0.794. The number of carbonyl (C=O) groups excluding carboxylic acids is 1. The third kappa shape index (κ3) is 2.34. The van der Waals surface area contributed by atoms with Crippen LogP contribution in [0.15, 0.2) is 54.6 Å². The molecule has 1 fully saturated rings. The van der Waals surface area contributed by atoms with Crippen molar-refractivity contribution in [2.75, 3.05) is 13.1 Å². The van der Waals surface area contributed by atoms with Gasteiger partial charge < -0.3 is 15.7 Å². The average Bonchev–Trinajstić information content (AvgIpc) is 2.86. The lowest BCUT2D eigenvalue weighted by molar-refractivity contribution is 0.0418. The molecule has 24 heavy (non-hydrogen) atoms. The molecule has 1 aliphatic heterocycles. The van der Waals surface area contributed by atoms with Crippen molar-refractivity contribution >= 4 is 5.91 Å². The molecule has 0 radical (unpaired) electrons. The maximum absolute atomic E-state index is 12.6. The zero-order chi connectivity index (χ0) is 16.6. The zero-order valence-electron chi connectivity index (χ0n) is 13.5. The van der Waals surface area contributed by atoms with E-state index in [9.17, 15) is 9.90 Å². The first-order chi connectivity index (χ1) is 11.7. The molecule has 0 aromatic heterocycles. The van der Waals surface area contributed by atoms with Crippen LogP contribution in [0.25, 0.3) is 0 Å². The Morgan fingerprint density at radius 1 is 1.04 bits per heavy atom. The summed E-state index contributed by atoms with van der Waals surface area (Å²) in [5, 5.41) is 17.6. The summed E-state index contributed by atoms with van der Waals surface area (Å²) >= 11 is 0. The van der Waals surface area contributed by atoms with E-state index in [4.69, 9.17) is 0 Å². The molecule has 2 aliphatic rings. The second-order valence-electron chi connectivity index (χ2n) is 6.76. The van der Waals surface area contributed by atoms with Crippen molar-refractivity contribution in [3.63, 3.8) is 0 Å². The number of hydrogen-bond acceptors (Lipinski definition) is 3. The van der Waals surface area contributed by atoms with Crippen molar-refractivity contribution in [3.05, 3.63) is 71.3 Å². The molecule has 1 amide bonds. The molecule has 0 bridgehead atoms. The summed E-state index contributed by atoms with van der Waals surface area (Å²) in [6.07, 6.45) is 1.19. The van der Waals surface area contributed by atoms with Crippen molar-refractivity contribution in [1.29, 1.82) is 0 Å². The molecule has 1 saturated heterocycles. The molecule has 1 aliphatic carbocycles. The molecular weight excluding hydrogens is 300 g/mol. The number of nitrogens with one attached hydrogen (secondary N) is 2. The summed E-state index contributed by atoms with van der Waals surface area (Å²) in [6, 6.07) is 17.0. The first kappa shape index (κ1) is 15.4. The minimum atomic E-state index is -0.593. The third-order valence-corrected chi connectivity index (χ3v) is 5.53. The Bertz CT molecular complexity index is 738. The SMILES string of the molecule is O=C(N[C@H]1c2ccccc2C2(CCNCC2)[C@@H]1O)c1ccccc1. The highest BCUT2D eigenvalue weighted by molar-refractivity contribution is 5.94. The lowest BCUT2D eigenvalue weighted by atomic mass is 9.72. The van der Waals surface area contributed by atoms with E-state index in [1.165, 1.54) is 5.56 Å². The number of rotatable bonds is 2. The minimum absolute atomic E-state index is 0.138. The number of carbonyl (C=O) groups is 1. The number of aliphatic hydroxyl groups is 1. The summed E-state index contributed by atoms with van der Waals surface area (Å²) in [4.78, 5) is 12.6. The largest absolute Gasteiger partial charge is 0.390 e. The summed E-state index contributed by atoms with van der Waals surface area (Å²) in [5.41, 5.74) is 2.61. The van der Waals surface area contributed by atoms with Gasteiger partial charge in [-0.25, -0.2) is 0 Å². The van der Waals surface area contributed by atoms with Crippen LogP contribution in [0.1, 0.15) is 40.4 Å². The number of benzene rings is 2. The molecular formula is C20H22N2O2. The standard InChI is InChI=1S/C20H22N2O2/c23-18-17(22-19(24)14-6-2-1-3-7-14)15-8-4-5-9-16(15)20(18)10-12-21-13-11-20/h1-9,17-18,21,23H,10-13H2,(H,22,24)/t17-,18+/m0/s1. The maximum Gasteiger partial charge on any atom is 0.251 e. The van der Waals surface area contributed by atoms with Crippen molar-refractivity contribution in [1.82, 2.24) is 10.6 Å². The molecule has 3 N–H and O–H groups in total. The van der Waals surface area contributed by atoms with Gasteiger partial charge in [-0.15, -0.1) is 0 Å². The van der Waals surface area contributed by atoms with Crippen molar-refractivity contribution < 1.29 is 9.90 Å². The van der Waals surface area contributed by atoms with Gasteiger partial charge in [0, 0.05) is 11.0 Å². The summed E-state index contributed by atoms with van der Waals surface area (Å²) in [7, 11) is 0. The predicted octanol–water partition coefficient (Wildman–Crippen LogP) is 2.15. The van der Waals surface area contributed by atoms with Crippen LogP contribution in [-0.4, -0.2) is 30.2 Å². The number of fused-ring (bicyclic) bond motifs is 2. The Morgan fingerprint density at radius 2 is 1.71 bits per heavy atom. The second-order valence-corrected chi connectivity index (χ2v) is 6.76. The molecule has 0 saturated carbocycles. The van der Waals surface area contributed by atoms with E-state index in [-0.39, 0.29) is 17.4 Å². The maximum atomic E-state index is 12.6. The molecule has 2 atom stereocenters. The fraction of sp³-hybridized carbons (Fsp3) is 0.350. The normalized spacial score (nSPS) is 24.5. The molecule has 0 unspecified atom stereocenters. The van der Waals surface area contributed by atoms with Crippen LogP contribution >= 0.6 is 0 Å². The van der Waals surface area contributed by atoms with Gasteiger partial charge in [-0.3, -0.25) is 4.79 Å². The van der Waals surface area contributed by atoms with E-state index in [1.54, 1.807) is 12.1 Å². The van der Waals surface area contributed by atoms with Gasteiger partial charge in [0.15, 0.2) is 0 Å². The van der Waals surface area contributed by atoms with Crippen LogP contribution < -0.4 is 10.6 Å². The summed E-state index contributed by atoms with van der Waals surface area (Å²) in [5.74, 6) is -0.138. The molecule has 2 aromatic rings. The lowest BCUT2D eigenvalue weighted by Crippen LogP contribution is -2.48. The molecule has 1 heterocycles. The topological polar surface area (TPSA) is 61.4 Å². The van der Waals surface area contributed by atoms with E-state index in [0.29, 0.717) is 5.56 Å². The van der Waals surface area contributed by atoms with Crippen LogP contribution in [0.5, 0.6) is 0 Å². The van der Waals surface area contributed by atoms with Crippen molar-refractivity contribution in [3.8, 4) is 0 Å². The Kier molecular flexibility index (Phi) is 3.87. The lowest BCUT2D eigenvalue weighted by Gasteiger charge is -2.38. The van der Waals surface area contributed by atoms with Gasteiger partial charge in [-0.05, 0) is 49.2 Å². The molecule has 4 nitrogen and oxygen atoms in total. The number of piperidine rings is 1. The van der Waals surface area contributed by atoms with Crippen LogP contribution in [0, 0.1) is 0 Å². The highest BCUT2D eigenvalue weighted by Crippen LogP contribution is 2.50. The number of aliphatic hydroxyl groups excluding tert-OH is 1. The Balaban J connectivity index is 1.68. The van der Waals surface area contributed by atoms with Gasteiger partial charge in [0.1, 0.15) is 0 Å². The Hall–Kier alpha value is -2.17. The average molecular weight is 322 g/mol. The second kappa shape index (κ2) is 6.04. The molecule has 124 valence electrons. The third-order valence-electron chi connectivity index (χ3n) is 5.53. The van der Waals surface area contributed by atoms with Gasteiger partial charge >= 0.3 is 0 Å². The van der Waals surface area contributed by atoms with Crippen molar-refractivity contribution in [2.24, 2.45) is 0 Å². The van der Waals surface area contributed by atoms with Gasteiger partial charge in [-0.1, -0.05) is 42.5 Å². The number of amides is 1. The highest BCUT2D eigenvalue weighted by atomic mass is 16.3. The molecule has 1 spiro atoms. The summed E-state index contributed by atoms with van der Waals surface area (Å²) < 4.78 is 0. The smallest absolute Gasteiger partial charge is 0.251 e. The molecule has 4 rings (SSSR count). The Morgan fingerprint density at radius 3 is 2.46 bits per heavy atom. The fourth-order valence-electron chi connectivity index (χ4n) is 4.28. The van der Waals surface area contributed by atoms with Gasteiger partial charge in [0.2, 0.25) is 0 Å². The van der Waals surface area contributed by atoms with Crippen LogP contribution in [-0.2, 0) is 5.41 Å². The van der Waals surface area contributed by atoms with E-state index >= 15 is 0 Å². The van der Waals surface area contributed by atoms with Gasteiger partial charge in [-0.2, -0.15) is 0 Å². The zero-order valence-corrected chi connectivity index (χ0v) is 13.5. The van der Waals surface area contributed by atoms with E-state index in [1.807, 2.05) is 36.4 Å². The minimum Gasteiger partial charge on any atom is -0.390 e. The van der Waals surface area contributed by atoms with E-state index in [0.717, 1.165) is 31.5 Å². The van der Waals surface area contributed by atoms with Crippen LogP contribution in [0.2, 0.25) is 0 Å². The van der Waals surface area contributed by atoms with Crippen LogP contribution in [0.4, 0.5) is 0 Å². The molecule has 2 aromatic carbocycles. The first-order valence-electron chi connectivity index (χ1n) is 8.56.